The van der Waals surface area contributed by atoms with E-state index in [-0.39, 0.29) is 18.6 Å². The first-order valence-corrected chi connectivity index (χ1v) is 10.3. The van der Waals surface area contributed by atoms with Gasteiger partial charge >= 0.3 is 0 Å². The summed E-state index contributed by atoms with van der Waals surface area (Å²) < 4.78 is 12.5. The zero-order chi connectivity index (χ0) is 20.7. The predicted molar refractivity (Wildman–Crippen MR) is 111 cm³/mol. The van der Waals surface area contributed by atoms with Crippen LogP contribution in [-0.2, 0) is 11.2 Å². The number of fused-ring (bicyclic) bond motifs is 2. The fraction of sp³-hybridized carbons (Fsp3) is 0.429. The van der Waals surface area contributed by atoms with E-state index in [9.17, 15) is 4.79 Å². The van der Waals surface area contributed by atoms with Crippen molar-refractivity contribution < 1.29 is 14.3 Å². The first kappa shape index (κ1) is 18.7. The third-order valence-electron chi connectivity index (χ3n) is 5.79. The Kier molecular flexibility index (Phi) is 4.65. The van der Waals surface area contributed by atoms with Crippen molar-refractivity contribution in [2.75, 3.05) is 30.1 Å². The number of amides is 1. The molecule has 1 fully saturated rings. The summed E-state index contributed by atoms with van der Waals surface area (Å²) in [6.07, 6.45) is 4.14. The minimum absolute atomic E-state index is 0.0113. The maximum Gasteiger partial charge on any atom is 0.254 e. The Balaban J connectivity index is 1.38. The average molecular weight is 408 g/mol. The molecule has 1 saturated heterocycles. The van der Waals surface area contributed by atoms with Crippen molar-refractivity contribution in [2.24, 2.45) is 5.92 Å². The Bertz CT molecular complexity index is 1110. The molecule has 9 nitrogen and oxygen atoms in total. The van der Waals surface area contributed by atoms with Gasteiger partial charge in [0.1, 0.15) is 12.1 Å². The van der Waals surface area contributed by atoms with Crippen LogP contribution in [0.15, 0.2) is 24.5 Å². The second-order valence-corrected chi connectivity index (χ2v) is 7.67. The van der Waals surface area contributed by atoms with Crippen LogP contribution in [0.4, 0.5) is 11.5 Å². The molecule has 5 rings (SSSR count). The molecule has 2 aliphatic heterocycles. The minimum atomic E-state index is -0.124. The van der Waals surface area contributed by atoms with Crippen LogP contribution >= 0.6 is 0 Å². The number of aryl methyl sites for hydroxylation is 1. The highest BCUT2D eigenvalue weighted by atomic mass is 16.7. The molecule has 1 atom stereocenters. The quantitative estimate of drug-likeness (QED) is 0.709. The number of hydrogen-bond acceptors (Lipinski definition) is 7. The molecular formula is C21H24N6O3. The molecule has 2 aromatic heterocycles. The summed E-state index contributed by atoms with van der Waals surface area (Å²) in [4.78, 5) is 24.1. The summed E-state index contributed by atoms with van der Waals surface area (Å²) in [6.45, 7) is 5.84. The number of piperidine rings is 1. The molecule has 9 heteroatoms. The molecule has 0 radical (unpaired) electrons. The fourth-order valence-electron chi connectivity index (χ4n) is 4.31. The van der Waals surface area contributed by atoms with E-state index in [1.165, 1.54) is 6.33 Å². The second-order valence-electron chi connectivity index (χ2n) is 7.67. The van der Waals surface area contributed by atoms with Gasteiger partial charge in [-0.2, -0.15) is 14.6 Å². The Labute approximate surface area is 174 Å². The largest absolute Gasteiger partial charge is 0.454 e. The van der Waals surface area contributed by atoms with Gasteiger partial charge in [0.25, 0.3) is 5.78 Å². The van der Waals surface area contributed by atoms with Crippen molar-refractivity contribution in [3.63, 3.8) is 0 Å². The molecular weight excluding hydrogens is 384 g/mol. The van der Waals surface area contributed by atoms with E-state index in [2.05, 4.69) is 32.2 Å². The summed E-state index contributed by atoms with van der Waals surface area (Å²) >= 11 is 0. The topological polar surface area (TPSA) is 93.9 Å². The van der Waals surface area contributed by atoms with Crippen LogP contribution in [0.1, 0.15) is 31.0 Å². The van der Waals surface area contributed by atoms with Crippen molar-refractivity contribution in [1.82, 2.24) is 19.6 Å². The Hall–Kier alpha value is -3.36. The van der Waals surface area contributed by atoms with E-state index in [4.69, 9.17) is 9.47 Å². The zero-order valence-corrected chi connectivity index (χ0v) is 17.1. The van der Waals surface area contributed by atoms with Crippen molar-refractivity contribution in [2.45, 2.75) is 33.1 Å². The van der Waals surface area contributed by atoms with E-state index in [0.717, 1.165) is 42.9 Å². The van der Waals surface area contributed by atoms with Gasteiger partial charge in [-0.05, 0) is 38.3 Å². The molecule has 2 aliphatic rings. The number of nitrogens with zero attached hydrogens (tertiary/aromatic N) is 5. The molecule has 0 bridgehead atoms. The standard InChI is InChI=1S/C21H24N6O3/c1-3-16-13(2)24-21-22-11-23-27(21)20(16)26-8-4-5-14(10-26)19(28)25-15-6-7-17-18(9-15)30-12-29-17/h6-7,9,11,14H,3-5,8,10,12H2,1-2H3,(H,25,28)/t14-/m1/s1. The van der Waals surface area contributed by atoms with Gasteiger partial charge in [-0.1, -0.05) is 6.92 Å². The minimum Gasteiger partial charge on any atom is -0.454 e. The van der Waals surface area contributed by atoms with Crippen LogP contribution < -0.4 is 19.7 Å². The highest BCUT2D eigenvalue weighted by Gasteiger charge is 2.29. The smallest absolute Gasteiger partial charge is 0.254 e. The first-order chi connectivity index (χ1) is 14.6. The maximum absolute atomic E-state index is 13.0. The van der Waals surface area contributed by atoms with Crippen LogP contribution in [0.2, 0.25) is 0 Å². The fourth-order valence-corrected chi connectivity index (χ4v) is 4.31. The lowest BCUT2D eigenvalue weighted by Gasteiger charge is -2.35. The van der Waals surface area contributed by atoms with Gasteiger partial charge < -0.3 is 19.7 Å². The lowest BCUT2D eigenvalue weighted by Crippen LogP contribution is -2.42. The van der Waals surface area contributed by atoms with Crippen LogP contribution in [0.5, 0.6) is 11.5 Å². The second kappa shape index (κ2) is 7.47. The van der Waals surface area contributed by atoms with Crippen molar-refractivity contribution in [3.8, 4) is 11.5 Å². The summed E-state index contributed by atoms with van der Waals surface area (Å²) in [5.41, 5.74) is 2.82. The number of anilines is 2. The summed E-state index contributed by atoms with van der Waals surface area (Å²) in [6, 6.07) is 5.47. The lowest BCUT2D eigenvalue weighted by molar-refractivity contribution is -0.120. The van der Waals surface area contributed by atoms with E-state index < -0.39 is 0 Å². The number of rotatable bonds is 4. The molecule has 4 heterocycles. The van der Waals surface area contributed by atoms with E-state index in [1.54, 1.807) is 10.6 Å². The van der Waals surface area contributed by atoms with Crippen LogP contribution in [0.25, 0.3) is 5.78 Å². The number of aromatic nitrogens is 4. The molecule has 0 spiro atoms. The van der Waals surface area contributed by atoms with E-state index >= 15 is 0 Å². The Morgan fingerprint density at radius 2 is 2.17 bits per heavy atom. The number of benzene rings is 1. The molecule has 30 heavy (non-hydrogen) atoms. The number of carbonyl (C=O) groups is 1. The molecule has 1 aromatic carbocycles. The summed E-state index contributed by atoms with van der Waals surface area (Å²) in [7, 11) is 0. The van der Waals surface area contributed by atoms with Gasteiger partial charge in [0, 0.05) is 36.1 Å². The molecule has 1 N–H and O–H groups in total. The molecule has 0 saturated carbocycles. The van der Waals surface area contributed by atoms with Gasteiger partial charge in [0.05, 0.1) is 5.92 Å². The van der Waals surface area contributed by atoms with Crippen molar-refractivity contribution >= 4 is 23.2 Å². The van der Waals surface area contributed by atoms with E-state index in [1.807, 2.05) is 19.1 Å². The number of hydrogen-bond donors (Lipinski definition) is 1. The van der Waals surface area contributed by atoms with Gasteiger partial charge in [-0.3, -0.25) is 4.79 Å². The first-order valence-electron chi connectivity index (χ1n) is 10.3. The SMILES string of the molecule is CCc1c(C)nc2ncnn2c1N1CCC[C@@H](C(=O)Nc2ccc3c(c2)OCO3)C1. The molecule has 3 aromatic rings. The van der Waals surface area contributed by atoms with Crippen LogP contribution in [0, 0.1) is 12.8 Å². The molecule has 156 valence electrons. The normalized spacial score (nSPS) is 18.1. The van der Waals surface area contributed by atoms with Crippen LogP contribution in [0.3, 0.4) is 0 Å². The van der Waals surface area contributed by atoms with Gasteiger partial charge in [0.15, 0.2) is 11.5 Å². The summed E-state index contributed by atoms with van der Waals surface area (Å²) in [5.74, 6) is 2.84. The average Bonchev–Trinajstić information content (AvgIpc) is 3.41. The zero-order valence-electron chi connectivity index (χ0n) is 17.1. The van der Waals surface area contributed by atoms with Gasteiger partial charge in [0.2, 0.25) is 12.7 Å². The third kappa shape index (κ3) is 3.20. The highest BCUT2D eigenvalue weighted by molar-refractivity contribution is 5.93. The Morgan fingerprint density at radius 3 is 3.03 bits per heavy atom. The van der Waals surface area contributed by atoms with Crippen LogP contribution in [-0.4, -0.2) is 45.4 Å². The maximum atomic E-state index is 13.0. The number of nitrogens with one attached hydrogen (secondary N) is 1. The van der Waals surface area contributed by atoms with Crippen molar-refractivity contribution in [1.29, 1.82) is 0 Å². The monoisotopic (exact) mass is 408 g/mol. The van der Waals surface area contributed by atoms with E-state index in [0.29, 0.717) is 29.5 Å². The lowest BCUT2D eigenvalue weighted by atomic mass is 9.96. The Morgan fingerprint density at radius 1 is 1.30 bits per heavy atom. The van der Waals surface area contributed by atoms with Gasteiger partial charge in [-0.25, -0.2) is 4.98 Å². The molecule has 0 unspecified atom stereocenters. The molecule has 1 amide bonds. The highest BCUT2D eigenvalue weighted by Crippen LogP contribution is 2.35. The summed E-state index contributed by atoms with van der Waals surface area (Å²) in [5, 5.41) is 7.43. The number of ether oxygens (including phenoxy) is 2. The predicted octanol–water partition coefficient (Wildman–Crippen LogP) is 2.58. The number of carbonyl (C=O) groups excluding carboxylic acids is 1. The molecule has 0 aliphatic carbocycles. The third-order valence-corrected chi connectivity index (χ3v) is 5.79. The van der Waals surface area contributed by atoms with Crippen molar-refractivity contribution in [3.05, 3.63) is 35.8 Å². The van der Waals surface area contributed by atoms with Gasteiger partial charge in [-0.15, -0.1) is 0 Å².